The SMILES string of the molecule is O=C(Nc1cccc(C(=O)Nc2c(Cl)cc(C(F)(C(F)(F)F)C(F)(F)F)cc2OC(F)F)c1F)c1ccccc1C(F)(F)F. The Morgan fingerprint density at radius 2 is 1.30 bits per heavy atom. The molecule has 19 heteroatoms. The number of halogens is 14. The van der Waals surface area contributed by atoms with E-state index in [0.717, 1.165) is 30.3 Å². The molecule has 2 amide bonds. The van der Waals surface area contributed by atoms with Gasteiger partial charge in [-0.3, -0.25) is 9.59 Å². The zero-order valence-electron chi connectivity index (χ0n) is 20.8. The summed E-state index contributed by atoms with van der Waals surface area (Å²) in [5, 5.41) is 2.03. The fraction of sp³-hybridized carbons (Fsp3) is 0.200. The quantitative estimate of drug-likeness (QED) is 0.247. The smallest absolute Gasteiger partial charge is 0.433 e. The lowest BCUT2D eigenvalue weighted by Gasteiger charge is -2.31. The second-order valence-electron chi connectivity index (χ2n) is 8.48. The molecule has 0 radical (unpaired) electrons. The van der Waals surface area contributed by atoms with Crippen molar-refractivity contribution in [2.75, 3.05) is 10.6 Å². The van der Waals surface area contributed by atoms with Gasteiger partial charge in [0.1, 0.15) is 5.69 Å². The number of alkyl halides is 12. The van der Waals surface area contributed by atoms with Crippen molar-refractivity contribution in [2.45, 2.75) is 30.8 Å². The van der Waals surface area contributed by atoms with Gasteiger partial charge < -0.3 is 15.4 Å². The van der Waals surface area contributed by atoms with Crippen molar-refractivity contribution in [3.63, 3.8) is 0 Å². The molecule has 0 bridgehead atoms. The Hall–Kier alpha value is -4.22. The number of carbonyl (C=O) groups excluding carboxylic acids is 2. The van der Waals surface area contributed by atoms with Gasteiger partial charge in [-0.25, -0.2) is 8.78 Å². The number of benzene rings is 3. The molecule has 0 unspecified atom stereocenters. The maximum absolute atomic E-state index is 15.1. The zero-order valence-corrected chi connectivity index (χ0v) is 21.5. The highest BCUT2D eigenvalue weighted by Gasteiger charge is 2.73. The summed E-state index contributed by atoms with van der Waals surface area (Å²) < 4.78 is 178. The molecule has 0 fully saturated rings. The first-order valence-corrected chi connectivity index (χ1v) is 11.7. The van der Waals surface area contributed by atoms with E-state index in [1.807, 2.05) is 0 Å². The Morgan fingerprint density at radius 3 is 1.84 bits per heavy atom. The van der Waals surface area contributed by atoms with Gasteiger partial charge in [-0.05, 0) is 36.4 Å². The van der Waals surface area contributed by atoms with Crippen LogP contribution in [0.1, 0.15) is 31.8 Å². The van der Waals surface area contributed by atoms with E-state index in [1.165, 1.54) is 0 Å². The molecule has 238 valence electrons. The van der Waals surface area contributed by atoms with Crippen LogP contribution >= 0.6 is 11.6 Å². The van der Waals surface area contributed by atoms with Gasteiger partial charge in [0.05, 0.1) is 27.4 Å². The van der Waals surface area contributed by atoms with Crippen molar-refractivity contribution >= 4 is 34.8 Å². The molecule has 0 aromatic heterocycles. The second-order valence-corrected chi connectivity index (χ2v) is 8.89. The molecule has 3 aromatic carbocycles. The number of hydrogen-bond acceptors (Lipinski definition) is 3. The average molecular weight is 671 g/mol. The Bertz CT molecular complexity index is 1560. The normalized spacial score (nSPS) is 12.7. The van der Waals surface area contributed by atoms with Crippen LogP contribution < -0.4 is 15.4 Å². The van der Waals surface area contributed by atoms with E-state index in [-0.39, 0.29) is 6.07 Å². The van der Waals surface area contributed by atoms with Gasteiger partial charge in [0, 0.05) is 5.56 Å². The lowest BCUT2D eigenvalue weighted by molar-refractivity contribution is -0.348. The summed E-state index contributed by atoms with van der Waals surface area (Å²) in [5.74, 6) is -6.49. The zero-order chi connectivity index (χ0) is 33.4. The number of anilines is 2. The van der Waals surface area contributed by atoms with Gasteiger partial charge >= 0.3 is 30.8 Å². The van der Waals surface area contributed by atoms with Crippen LogP contribution in [0.2, 0.25) is 5.02 Å². The van der Waals surface area contributed by atoms with E-state index in [0.29, 0.717) is 12.1 Å². The van der Waals surface area contributed by atoms with Crippen LogP contribution in [0.15, 0.2) is 54.6 Å². The van der Waals surface area contributed by atoms with E-state index in [9.17, 15) is 62.3 Å². The number of ether oxygens (including phenoxy) is 1. The van der Waals surface area contributed by atoms with Gasteiger partial charge in [-0.2, -0.15) is 48.3 Å². The van der Waals surface area contributed by atoms with Crippen LogP contribution in [0.5, 0.6) is 5.75 Å². The summed E-state index contributed by atoms with van der Waals surface area (Å²) in [4.78, 5) is 25.2. The van der Waals surface area contributed by atoms with Gasteiger partial charge in [0.15, 0.2) is 11.6 Å². The van der Waals surface area contributed by atoms with Gasteiger partial charge in [0.2, 0.25) is 0 Å². The minimum atomic E-state index is -6.68. The number of hydrogen-bond donors (Lipinski definition) is 2. The topological polar surface area (TPSA) is 67.4 Å². The molecule has 0 spiro atoms. The van der Waals surface area contributed by atoms with Crippen LogP contribution in [0.4, 0.5) is 68.5 Å². The van der Waals surface area contributed by atoms with E-state index < -0.39 is 98.9 Å². The molecule has 3 rings (SSSR count). The monoisotopic (exact) mass is 670 g/mol. The van der Waals surface area contributed by atoms with Crippen LogP contribution in [0.3, 0.4) is 0 Å². The minimum Gasteiger partial charge on any atom is -0.433 e. The molecule has 0 saturated carbocycles. The maximum atomic E-state index is 15.1. The van der Waals surface area contributed by atoms with Crippen LogP contribution in [-0.4, -0.2) is 30.8 Å². The molecular weight excluding hydrogens is 659 g/mol. The first-order chi connectivity index (χ1) is 20.1. The summed E-state index contributed by atoms with van der Waals surface area (Å²) in [6.07, 6.45) is -18.4. The van der Waals surface area contributed by atoms with E-state index in [1.54, 1.807) is 10.6 Å². The third-order valence-corrected chi connectivity index (χ3v) is 5.95. The largest absolute Gasteiger partial charge is 0.435 e. The first kappa shape index (κ1) is 34.3. The molecule has 0 aliphatic heterocycles. The molecule has 44 heavy (non-hydrogen) atoms. The van der Waals surface area contributed by atoms with Gasteiger partial charge in [-0.15, -0.1) is 0 Å². The number of amides is 2. The highest BCUT2D eigenvalue weighted by molar-refractivity contribution is 6.34. The number of nitrogens with one attached hydrogen (secondary N) is 2. The lowest BCUT2D eigenvalue weighted by Crippen LogP contribution is -2.50. The molecule has 3 aromatic rings. The van der Waals surface area contributed by atoms with Crippen molar-refractivity contribution in [1.82, 2.24) is 0 Å². The standard InChI is InChI=1S/C25H12ClF13N2O3/c26-14-8-10(22(30,24(34,35)36)25(37,38)39)9-16(44-21(28)29)18(14)41-20(43)12-5-3-7-15(17(12)27)40-19(42)11-4-1-2-6-13(11)23(31,32)33/h1-9,21H,(H,40,42)(H,41,43). The minimum absolute atomic E-state index is 0.290. The first-order valence-electron chi connectivity index (χ1n) is 11.3. The number of rotatable bonds is 7. The molecule has 0 heterocycles. The van der Waals surface area contributed by atoms with E-state index in [2.05, 4.69) is 4.74 Å². The van der Waals surface area contributed by atoms with Gasteiger partial charge in [0.25, 0.3) is 11.8 Å². The van der Waals surface area contributed by atoms with Crippen LogP contribution in [-0.2, 0) is 11.8 Å². The van der Waals surface area contributed by atoms with Gasteiger partial charge in [-0.1, -0.05) is 29.8 Å². The fourth-order valence-corrected chi connectivity index (χ4v) is 3.94. The van der Waals surface area contributed by atoms with Crippen LogP contribution in [0, 0.1) is 5.82 Å². The maximum Gasteiger partial charge on any atom is 0.435 e. The van der Waals surface area contributed by atoms with E-state index >= 15 is 4.39 Å². The van der Waals surface area contributed by atoms with Crippen molar-refractivity contribution in [1.29, 1.82) is 0 Å². The van der Waals surface area contributed by atoms with Crippen molar-refractivity contribution in [3.8, 4) is 5.75 Å². The molecule has 2 N–H and O–H groups in total. The summed E-state index contributed by atoms with van der Waals surface area (Å²) in [5.41, 5.74) is -14.1. The third-order valence-electron chi connectivity index (χ3n) is 5.66. The Labute approximate surface area is 241 Å². The lowest BCUT2D eigenvalue weighted by atomic mass is 9.93. The summed E-state index contributed by atoms with van der Waals surface area (Å²) in [6.45, 7) is -3.97. The molecule has 0 saturated heterocycles. The summed E-state index contributed by atoms with van der Waals surface area (Å²) >= 11 is 5.63. The highest BCUT2D eigenvalue weighted by atomic mass is 35.5. The predicted molar refractivity (Wildman–Crippen MR) is 127 cm³/mol. The highest BCUT2D eigenvalue weighted by Crippen LogP contribution is 2.55. The Balaban J connectivity index is 2.02. The molecule has 0 atom stereocenters. The molecule has 0 aliphatic carbocycles. The second kappa shape index (κ2) is 12.0. The Morgan fingerprint density at radius 1 is 0.750 bits per heavy atom. The summed E-state index contributed by atoms with van der Waals surface area (Å²) in [6, 6.07) is 4.95. The van der Waals surface area contributed by atoms with Crippen LogP contribution in [0.25, 0.3) is 0 Å². The van der Waals surface area contributed by atoms with Crippen molar-refractivity contribution < 1.29 is 71.4 Å². The third kappa shape index (κ3) is 6.79. The summed E-state index contributed by atoms with van der Waals surface area (Å²) in [7, 11) is 0. The molecule has 5 nitrogen and oxygen atoms in total. The fourth-order valence-electron chi connectivity index (χ4n) is 3.68. The number of carbonyl (C=O) groups is 2. The Kier molecular flexibility index (Phi) is 9.38. The molecular formula is C25H12ClF13N2O3. The van der Waals surface area contributed by atoms with Crippen molar-refractivity contribution in [2.24, 2.45) is 0 Å². The predicted octanol–water partition coefficient (Wildman–Crippen LogP) is 8.89. The van der Waals surface area contributed by atoms with E-state index in [4.69, 9.17) is 11.6 Å². The molecule has 0 aliphatic rings. The average Bonchev–Trinajstić information content (AvgIpc) is 2.88. The van der Waals surface area contributed by atoms with Crippen molar-refractivity contribution in [3.05, 3.63) is 87.7 Å².